The molecule has 0 spiro atoms. The second kappa shape index (κ2) is 6.38. The van der Waals surface area contributed by atoms with E-state index in [0.717, 1.165) is 0 Å². The number of hydrogen-bond donors (Lipinski definition) is 3. The maximum absolute atomic E-state index is 7.43. The third-order valence-electron chi connectivity index (χ3n) is 3.45. The van der Waals surface area contributed by atoms with Gasteiger partial charge in [0, 0.05) is 18.3 Å². The van der Waals surface area contributed by atoms with Crippen LogP contribution in [0.2, 0.25) is 0 Å². The number of rotatable bonds is 5. The van der Waals surface area contributed by atoms with Crippen LogP contribution in [0.3, 0.4) is 0 Å². The van der Waals surface area contributed by atoms with Crippen molar-refractivity contribution in [1.82, 2.24) is 0 Å². The van der Waals surface area contributed by atoms with Gasteiger partial charge in [0.1, 0.15) is 5.84 Å². The van der Waals surface area contributed by atoms with Crippen LogP contribution in [0.4, 0.5) is 0 Å². The summed E-state index contributed by atoms with van der Waals surface area (Å²) in [5, 5.41) is 7.43. The van der Waals surface area contributed by atoms with Crippen molar-refractivity contribution in [2.24, 2.45) is 27.3 Å². The van der Waals surface area contributed by atoms with Crippen molar-refractivity contribution in [3.05, 3.63) is 23.9 Å². The highest BCUT2D eigenvalue weighted by Crippen LogP contribution is 2.37. The Bertz CT molecular complexity index is 368. The fraction of sp³-hybridized carbons (Fsp3) is 0.571. The van der Waals surface area contributed by atoms with Crippen molar-refractivity contribution in [2.45, 2.75) is 34.6 Å². The van der Waals surface area contributed by atoms with Gasteiger partial charge in [-0.2, -0.15) is 0 Å². The van der Waals surface area contributed by atoms with Gasteiger partial charge in [-0.25, -0.2) is 0 Å². The maximum atomic E-state index is 7.43. The van der Waals surface area contributed by atoms with Crippen molar-refractivity contribution in [3.8, 4) is 0 Å². The average Bonchev–Trinajstić information content (AvgIpc) is 2.20. The molecule has 0 amide bonds. The van der Waals surface area contributed by atoms with Gasteiger partial charge in [-0.1, -0.05) is 34.6 Å². The summed E-state index contributed by atoms with van der Waals surface area (Å²) in [5.41, 5.74) is 11.5. The summed E-state index contributed by atoms with van der Waals surface area (Å²) in [6.45, 7) is 11.6. The zero-order valence-corrected chi connectivity index (χ0v) is 12.1. The lowest BCUT2D eigenvalue weighted by Gasteiger charge is -2.37. The molecule has 0 aliphatic rings. The first-order valence-corrected chi connectivity index (χ1v) is 6.04. The van der Waals surface area contributed by atoms with Crippen molar-refractivity contribution in [3.63, 3.8) is 0 Å². The van der Waals surface area contributed by atoms with Crippen molar-refractivity contribution < 1.29 is 0 Å². The van der Waals surface area contributed by atoms with E-state index < -0.39 is 0 Å². The summed E-state index contributed by atoms with van der Waals surface area (Å²) in [6.07, 6.45) is 6.35. The Morgan fingerprint density at radius 3 is 2.17 bits per heavy atom. The summed E-state index contributed by atoms with van der Waals surface area (Å²) in [7, 11) is 0. The largest absolute Gasteiger partial charge is 0.405 e. The quantitative estimate of drug-likeness (QED) is 0.397. The number of nitrogens with one attached hydrogen (secondary N) is 1. The van der Waals surface area contributed by atoms with Gasteiger partial charge in [-0.3, -0.25) is 10.4 Å². The zero-order valence-electron chi connectivity index (χ0n) is 12.1. The molecular weight excluding hydrogens is 224 g/mol. The van der Waals surface area contributed by atoms with E-state index >= 15 is 0 Å². The average molecular weight is 250 g/mol. The minimum atomic E-state index is -0.00888. The Hall–Kier alpha value is -1.58. The van der Waals surface area contributed by atoms with Crippen LogP contribution in [0.5, 0.6) is 0 Å². The fourth-order valence-electron chi connectivity index (χ4n) is 0.971. The predicted octanol–water partition coefficient (Wildman–Crippen LogP) is 2.46. The van der Waals surface area contributed by atoms with Crippen LogP contribution in [0.15, 0.2) is 28.9 Å². The number of allylic oxidation sites excluding steroid dienone is 2. The number of aliphatic imine (C=N–C) groups is 1. The van der Waals surface area contributed by atoms with Crippen molar-refractivity contribution >= 4 is 12.1 Å². The minimum absolute atomic E-state index is 0.00888. The molecule has 0 aromatic carbocycles. The van der Waals surface area contributed by atoms with E-state index in [9.17, 15) is 0 Å². The highest BCUT2D eigenvalue weighted by atomic mass is 14.8. The topological polar surface area (TPSA) is 88.2 Å². The van der Waals surface area contributed by atoms with Gasteiger partial charge in [-0.05, 0) is 29.2 Å². The van der Waals surface area contributed by atoms with Gasteiger partial charge in [-0.15, -0.1) is 0 Å². The van der Waals surface area contributed by atoms with Gasteiger partial charge in [0.05, 0.1) is 0 Å². The molecule has 0 atom stereocenters. The van der Waals surface area contributed by atoms with Crippen LogP contribution in [0, 0.1) is 16.2 Å². The van der Waals surface area contributed by atoms with Gasteiger partial charge in [0.25, 0.3) is 0 Å². The molecule has 0 radical (unpaired) electrons. The summed E-state index contributed by atoms with van der Waals surface area (Å²) in [5.74, 6) is -0.00888. The molecule has 0 fully saturated rings. The van der Waals surface area contributed by atoms with E-state index in [-0.39, 0.29) is 16.7 Å². The molecule has 0 rings (SSSR count). The van der Waals surface area contributed by atoms with Crippen LogP contribution >= 0.6 is 0 Å². The van der Waals surface area contributed by atoms with E-state index in [0.29, 0.717) is 12.1 Å². The summed E-state index contributed by atoms with van der Waals surface area (Å²) >= 11 is 0. The number of nitrogens with zero attached hydrogens (tertiary/aromatic N) is 1. The molecule has 0 saturated heterocycles. The Labute approximate surface area is 110 Å². The molecule has 0 aromatic heterocycles. The van der Waals surface area contributed by atoms with Gasteiger partial charge < -0.3 is 11.5 Å². The first-order chi connectivity index (χ1) is 8.12. The lowest BCUT2D eigenvalue weighted by molar-refractivity contribution is 0.143. The van der Waals surface area contributed by atoms with Crippen molar-refractivity contribution in [2.75, 3.05) is 6.54 Å². The Kier molecular flexibility index (Phi) is 5.82. The normalized spacial score (nSPS) is 14.6. The maximum Gasteiger partial charge on any atom is 0.124 e. The van der Waals surface area contributed by atoms with E-state index in [1.54, 1.807) is 18.4 Å². The Balaban J connectivity index is 4.79. The monoisotopic (exact) mass is 250 g/mol. The van der Waals surface area contributed by atoms with E-state index in [4.69, 9.17) is 16.9 Å². The Morgan fingerprint density at radius 2 is 1.78 bits per heavy atom. The fourth-order valence-corrected chi connectivity index (χ4v) is 0.971. The predicted molar refractivity (Wildman–Crippen MR) is 79.9 cm³/mol. The molecule has 102 valence electrons. The van der Waals surface area contributed by atoms with E-state index in [1.165, 1.54) is 6.20 Å². The SMILES string of the molecule is CC(C)(C)C(C)(C)CN=C/C(=C\C=C\N)C(=N)N. The lowest BCUT2D eigenvalue weighted by atomic mass is 9.69. The van der Waals surface area contributed by atoms with Gasteiger partial charge in [0.15, 0.2) is 0 Å². The number of amidine groups is 1. The van der Waals surface area contributed by atoms with Crippen LogP contribution < -0.4 is 11.5 Å². The molecule has 0 aromatic rings. The van der Waals surface area contributed by atoms with E-state index in [2.05, 4.69) is 39.6 Å². The molecule has 0 unspecified atom stereocenters. The molecule has 5 N–H and O–H groups in total. The molecule has 0 heterocycles. The zero-order chi connectivity index (χ0) is 14.4. The van der Waals surface area contributed by atoms with Crippen molar-refractivity contribution in [1.29, 1.82) is 5.41 Å². The Morgan fingerprint density at radius 1 is 1.22 bits per heavy atom. The minimum Gasteiger partial charge on any atom is -0.405 e. The molecule has 4 nitrogen and oxygen atoms in total. The molecule has 0 saturated carbocycles. The molecular formula is C14H26N4. The highest BCUT2D eigenvalue weighted by Gasteiger charge is 2.32. The smallest absolute Gasteiger partial charge is 0.124 e. The third kappa shape index (κ3) is 5.17. The molecule has 0 aliphatic carbocycles. The summed E-state index contributed by atoms with van der Waals surface area (Å²) in [4.78, 5) is 4.40. The molecule has 4 heteroatoms. The van der Waals surface area contributed by atoms with Crippen LogP contribution in [-0.2, 0) is 0 Å². The number of nitrogens with two attached hydrogens (primary N) is 2. The first kappa shape index (κ1) is 16.4. The van der Waals surface area contributed by atoms with Crippen LogP contribution in [0.25, 0.3) is 0 Å². The lowest BCUT2D eigenvalue weighted by Crippen LogP contribution is -2.32. The third-order valence-corrected chi connectivity index (χ3v) is 3.45. The highest BCUT2D eigenvalue weighted by molar-refractivity contribution is 6.13. The summed E-state index contributed by atoms with van der Waals surface area (Å²) in [6, 6.07) is 0. The van der Waals surface area contributed by atoms with Gasteiger partial charge >= 0.3 is 0 Å². The molecule has 18 heavy (non-hydrogen) atoms. The van der Waals surface area contributed by atoms with Crippen LogP contribution in [0.1, 0.15) is 34.6 Å². The van der Waals surface area contributed by atoms with Crippen LogP contribution in [-0.4, -0.2) is 18.6 Å². The number of hydrogen-bond acceptors (Lipinski definition) is 3. The standard InChI is InChI=1S/C14H26N4/c1-13(2,3)14(4,5)10-18-9-11(12(16)17)7-6-8-15/h6-9H,10,15H2,1-5H3,(H3,16,17)/b8-6+,11-7+,18-9?. The summed E-state index contributed by atoms with van der Waals surface area (Å²) < 4.78 is 0. The second-order valence-electron chi connectivity index (χ2n) is 6.02. The van der Waals surface area contributed by atoms with Gasteiger partial charge in [0.2, 0.25) is 0 Å². The molecule has 0 aliphatic heterocycles. The second-order valence-corrected chi connectivity index (χ2v) is 6.02. The van der Waals surface area contributed by atoms with E-state index in [1.807, 2.05) is 0 Å². The molecule has 0 bridgehead atoms. The first-order valence-electron chi connectivity index (χ1n) is 6.04.